The molecule has 3 heteroatoms. The minimum Gasteiger partial charge on any atom is -0.622 e. The summed E-state index contributed by atoms with van der Waals surface area (Å²) in [5.41, 5.74) is 0.532. The van der Waals surface area contributed by atoms with Crippen molar-refractivity contribution in [2.45, 2.75) is 64.1 Å². The van der Waals surface area contributed by atoms with Gasteiger partial charge in [-0.15, -0.1) is 0 Å². The van der Waals surface area contributed by atoms with Gasteiger partial charge in [-0.05, 0) is 26.7 Å². The van der Waals surface area contributed by atoms with Crippen molar-refractivity contribution in [2.24, 2.45) is 0 Å². The number of nitrogens with one attached hydrogen (secondary N) is 1. The second-order valence-corrected chi connectivity index (χ2v) is 5.22. The number of rotatable bonds is 0. The Hall–Kier alpha value is -0.570. The van der Waals surface area contributed by atoms with E-state index in [1.165, 1.54) is 24.0 Å². The van der Waals surface area contributed by atoms with Crippen LogP contribution in [0.25, 0.3) is 0 Å². The van der Waals surface area contributed by atoms with Crippen LogP contribution in [0.2, 0.25) is 0 Å². The summed E-state index contributed by atoms with van der Waals surface area (Å²) in [6, 6.07) is 0. The number of hydrogen-bond donors (Lipinski definition) is 1. The van der Waals surface area contributed by atoms with E-state index in [1.54, 1.807) is 0 Å². The van der Waals surface area contributed by atoms with Crippen molar-refractivity contribution in [3.63, 3.8) is 0 Å². The lowest BCUT2D eigenvalue weighted by atomic mass is 9.89. The molecule has 3 nitrogen and oxygen atoms in total. The molecular formula is C11H20N2O. The lowest BCUT2D eigenvalue weighted by Gasteiger charge is -2.33. The van der Waals surface area contributed by atoms with Crippen molar-refractivity contribution >= 4 is 5.71 Å². The van der Waals surface area contributed by atoms with Gasteiger partial charge in [0.05, 0.1) is 5.54 Å². The zero-order valence-electron chi connectivity index (χ0n) is 9.39. The molecule has 1 aliphatic heterocycles. The van der Waals surface area contributed by atoms with Crippen LogP contribution in [0.5, 0.6) is 0 Å². The molecule has 0 amide bonds. The van der Waals surface area contributed by atoms with Crippen molar-refractivity contribution in [3.8, 4) is 0 Å². The summed E-state index contributed by atoms with van der Waals surface area (Å²) >= 11 is 0. The molecule has 0 aromatic carbocycles. The van der Waals surface area contributed by atoms with Crippen LogP contribution in [0, 0.1) is 5.21 Å². The van der Waals surface area contributed by atoms with Gasteiger partial charge in [0.15, 0.2) is 5.71 Å². The van der Waals surface area contributed by atoms with Crippen molar-refractivity contribution in [1.82, 2.24) is 5.32 Å². The molecule has 0 unspecified atom stereocenters. The largest absolute Gasteiger partial charge is 0.622 e. The summed E-state index contributed by atoms with van der Waals surface area (Å²) in [6.45, 7) is 6.14. The summed E-state index contributed by atoms with van der Waals surface area (Å²) in [5, 5.41) is 15.6. The highest BCUT2D eigenvalue weighted by atomic mass is 16.5. The van der Waals surface area contributed by atoms with Crippen LogP contribution < -0.4 is 5.32 Å². The maximum atomic E-state index is 12.1. The summed E-state index contributed by atoms with van der Waals surface area (Å²) in [6.07, 6.45) is 5.62. The third-order valence-corrected chi connectivity index (χ3v) is 3.82. The molecule has 1 spiro atoms. The van der Waals surface area contributed by atoms with E-state index in [9.17, 15) is 5.21 Å². The zero-order valence-corrected chi connectivity index (χ0v) is 9.39. The zero-order chi connectivity index (χ0) is 10.4. The van der Waals surface area contributed by atoms with Crippen LogP contribution in [0.4, 0.5) is 0 Å². The smallest absolute Gasteiger partial charge is 0.227 e. The first kappa shape index (κ1) is 9.97. The van der Waals surface area contributed by atoms with Crippen LogP contribution >= 0.6 is 0 Å². The molecule has 0 aromatic heterocycles. The molecule has 2 aliphatic rings. The van der Waals surface area contributed by atoms with Crippen LogP contribution in [0.1, 0.15) is 52.9 Å². The van der Waals surface area contributed by atoms with Gasteiger partial charge in [0, 0.05) is 19.8 Å². The molecule has 1 N–H and O–H groups in total. The fraction of sp³-hybridized carbons (Fsp3) is 0.909. The van der Waals surface area contributed by atoms with Gasteiger partial charge in [-0.25, -0.2) is 5.32 Å². The maximum Gasteiger partial charge on any atom is 0.227 e. The molecule has 14 heavy (non-hydrogen) atoms. The molecule has 0 bridgehead atoms. The van der Waals surface area contributed by atoms with E-state index in [4.69, 9.17) is 0 Å². The normalized spacial score (nSPS) is 29.9. The molecule has 1 fully saturated rings. The minimum atomic E-state index is -0.272. The molecule has 2 rings (SSSR count). The first-order chi connectivity index (χ1) is 6.48. The predicted octanol–water partition coefficient (Wildman–Crippen LogP) is 2.00. The van der Waals surface area contributed by atoms with Crippen molar-refractivity contribution in [3.05, 3.63) is 5.21 Å². The summed E-state index contributed by atoms with van der Waals surface area (Å²) in [7, 11) is 0. The molecule has 0 atom stereocenters. The summed E-state index contributed by atoms with van der Waals surface area (Å²) in [5.74, 6) is 0. The Labute approximate surface area is 85.8 Å². The average Bonchev–Trinajstić information content (AvgIpc) is 2.29. The van der Waals surface area contributed by atoms with E-state index in [0.29, 0.717) is 0 Å². The monoisotopic (exact) mass is 196 g/mol. The van der Waals surface area contributed by atoms with Gasteiger partial charge in [-0.2, -0.15) is 4.74 Å². The summed E-state index contributed by atoms with van der Waals surface area (Å²) < 4.78 is 1.24. The highest BCUT2D eigenvalue weighted by molar-refractivity contribution is 5.87. The molecule has 1 heterocycles. The number of nitrogens with zero attached hydrogens (tertiary/aromatic N) is 1. The van der Waals surface area contributed by atoms with Gasteiger partial charge in [0.25, 0.3) is 0 Å². The Kier molecular flexibility index (Phi) is 2.11. The fourth-order valence-corrected chi connectivity index (χ4v) is 2.76. The Morgan fingerprint density at radius 2 is 1.79 bits per heavy atom. The van der Waals surface area contributed by atoms with Gasteiger partial charge < -0.3 is 5.21 Å². The topological polar surface area (TPSA) is 38.1 Å². The lowest BCUT2D eigenvalue weighted by molar-refractivity contribution is -0.553. The standard InChI is InChI=1S/C11H20N2O/c1-9-10(2,3)12-11(13(9)14)7-5-4-6-8-11/h12H,4-8H2,1-3H3. The third-order valence-electron chi connectivity index (χ3n) is 3.82. The molecule has 0 saturated heterocycles. The van der Waals surface area contributed by atoms with Gasteiger partial charge in [-0.1, -0.05) is 6.42 Å². The first-order valence-corrected chi connectivity index (χ1v) is 5.59. The average molecular weight is 196 g/mol. The fourth-order valence-electron chi connectivity index (χ4n) is 2.76. The van der Waals surface area contributed by atoms with E-state index in [0.717, 1.165) is 18.6 Å². The Bertz CT molecular complexity index is 275. The molecule has 0 aromatic rings. The predicted molar refractivity (Wildman–Crippen MR) is 57.3 cm³/mol. The second-order valence-electron chi connectivity index (χ2n) is 5.22. The van der Waals surface area contributed by atoms with Gasteiger partial charge >= 0.3 is 0 Å². The molecule has 80 valence electrons. The third kappa shape index (κ3) is 1.26. The lowest BCUT2D eigenvalue weighted by Crippen LogP contribution is -2.54. The van der Waals surface area contributed by atoms with E-state index < -0.39 is 0 Å². The number of hydroxylamine groups is 1. The van der Waals surface area contributed by atoms with Crippen LogP contribution in [0.3, 0.4) is 0 Å². The van der Waals surface area contributed by atoms with E-state index in [-0.39, 0.29) is 11.2 Å². The molecule has 1 saturated carbocycles. The molecular weight excluding hydrogens is 176 g/mol. The highest BCUT2D eigenvalue weighted by Crippen LogP contribution is 2.35. The highest BCUT2D eigenvalue weighted by Gasteiger charge is 2.52. The van der Waals surface area contributed by atoms with Gasteiger partial charge in [0.1, 0.15) is 0 Å². The Morgan fingerprint density at radius 3 is 2.21 bits per heavy atom. The van der Waals surface area contributed by atoms with Gasteiger partial charge in [-0.3, -0.25) is 0 Å². The van der Waals surface area contributed by atoms with Crippen LogP contribution in [-0.2, 0) is 0 Å². The SMILES string of the molecule is CC1=[N+]([O-])C2(CCCCC2)NC1(C)C. The van der Waals surface area contributed by atoms with Gasteiger partial charge in [0.2, 0.25) is 5.66 Å². The van der Waals surface area contributed by atoms with E-state index in [1.807, 2.05) is 6.92 Å². The van der Waals surface area contributed by atoms with E-state index in [2.05, 4.69) is 19.2 Å². The number of hydrogen-bond acceptors (Lipinski definition) is 2. The quantitative estimate of drug-likeness (QED) is 0.475. The first-order valence-electron chi connectivity index (χ1n) is 5.59. The van der Waals surface area contributed by atoms with Crippen molar-refractivity contribution in [1.29, 1.82) is 0 Å². The Balaban J connectivity index is 2.32. The van der Waals surface area contributed by atoms with Crippen LogP contribution in [-0.4, -0.2) is 21.7 Å². The van der Waals surface area contributed by atoms with E-state index >= 15 is 0 Å². The molecule has 0 radical (unpaired) electrons. The van der Waals surface area contributed by atoms with Crippen molar-refractivity contribution < 1.29 is 4.74 Å². The van der Waals surface area contributed by atoms with Crippen LogP contribution in [0.15, 0.2) is 0 Å². The minimum absolute atomic E-state index is 0.126. The Morgan fingerprint density at radius 1 is 1.21 bits per heavy atom. The van der Waals surface area contributed by atoms with Crippen molar-refractivity contribution in [2.75, 3.05) is 0 Å². The molecule has 1 aliphatic carbocycles. The maximum absolute atomic E-state index is 12.1. The summed E-state index contributed by atoms with van der Waals surface area (Å²) in [4.78, 5) is 0. The second kappa shape index (κ2) is 2.96.